The molecule has 1 aromatic heterocycles. The Kier molecular flexibility index (Phi) is 3.51. The smallest absolute Gasteiger partial charge is 0.300 e. The predicted octanol–water partition coefficient (Wildman–Crippen LogP) is 2.40. The summed E-state index contributed by atoms with van der Waals surface area (Å²) in [5, 5.41) is 10.7. The summed E-state index contributed by atoms with van der Waals surface area (Å²) in [7, 11) is 0. The number of anilines is 1. The van der Waals surface area contributed by atoms with Crippen LogP contribution in [0.3, 0.4) is 0 Å². The highest BCUT2D eigenvalue weighted by molar-refractivity contribution is 9.08. The van der Waals surface area contributed by atoms with Crippen molar-refractivity contribution >= 4 is 27.4 Å². The molecule has 15 heavy (non-hydrogen) atoms. The Morgan fingerprint density at radius 1 is 1.67 bits per heavy atom. The molecule has 0 aliphatic carbocycles. The Morgan fingerprint density at radius 2 is 2.27 bits per heavy atom. The Balaban J connectivity index is 3.47. The van der Waals surface area contributed by atoms with Crippen molar-refractivity contribution in [3.63, 3.8) is 0 Å². The summed E-state index contributed by atoms with van der Waals surface area (Å²) < 4.78 is 24.9. The highest BCUT2D eigenvalue weighted by Crippen LogP contribution is 2.32. The van der Waals surface area contributed by atoms with Crippen LogP contribution in [0.4, 0.5) is 20.3 Å². The number of nitrogen functional groups attached to an aromatic ring is 1. The van der Waals surface area contributed by atoms with Crippen LogP contribution in [0.15, 0.2) is 6.07 Å². The summed E-state index contributed by atoms with van der Waals surface area (Å²) in [6, 6.07) is 1.19. The summed E-state index contributed by atoms with van der Waals surface area (Å²) in [4.78, 5) is 13.0. The first-order chi connectivity index (χ1) is 6.97. The van der Waals surface area contributed by atoms with Crippen molar-refractivity contribution in [1.82, 2.24) is 4.98 Å². The van der Waals surface area contributed by atoms with Crippen molar-refractivity contribution in [3.05, 3.63) is 27.4 Å². The maximum absolute atomic E-state index is 12.4. The van der Waals surface area contributed by atoms with Gasteiger partial charge in [-0.3, -0.25) is 10.1 Å². The first-order valence-corrected chi connectivity index (χ1v) is 4.87. The van der Waals surface area contributed by atoms with Crippen molar-refractivity contribution in [3.8, 4) is 0 Å². The van der Waals surface area contributed by atoms with E-state index in [1.165, 1.54) is 6.07 Å². The van der Waals surface area contributed by atoms with Crippen molar-refractivity contribution in [2.75, 3.05) is 5.73 Å². The van der Waals surface area contributed by atoms with Gasteiger partial charge in [0.15, 0.2) is 5.69 Å². The average Bonchev–Trinajstić information content (AvgIpc) is 2.15. The number of nitrogens with two attached hydrogens (primary N) is 1. The van der Waals surface area contributed by atoms with Crippen molar-refractivity contribution in [2.45, 2.75) is 11.8 Å². The maximum Gasteiger partial charge on any atom is 0.300 e. The molecule has 0 aromatic carbocycles. The van der Waals surface area contributed by atoms with Crippen LogP contribution in [0, 0.1) is 10.1 Å². The fraction of sp³-hybridized carbons (Fsp3) is 0.286. The second-order valence-electron chi connectivity index (χ2n) is 2.63. The largest absolute Gasteiger partial charge is 0.384 e. The van der Waals surface area contributed by atoms with Gasteiger partial charge < -0.3 is 5.73 Å². The van der Waals surface area contributed by atoms with Gasteiger partial charge in [-0.25, -0.2) is 13.8 Å². The molecule has 0 atom stereocenters. The fourth-order valence-corrected chi connectivity index (χ4v) is 1.53. The number of nitrogens with zero attached hydrogens (tertiary/aromatic N) is 2. The molecule has 1 aromatic rings. The first-order valence-electron chi connectivity index (χ1n) is 3.75. The second-order valence-corrected chi connectivity index (χ2v) is 3.19. The summed E-state index contributed by atoms with van der Waals surface area (Å²) in [6.07, 6.45) is -3.02. The molecule has 0 radical (unpaired) electrons. The van der Waals surface area contributed by atoms with Gasteiger partial charge in [0, 0.05) is 10.9 Å². The van der Waals surface area contributed by atoms with Gasteiger partial charge in [0.1, 0.15) is 5.82 Å². The molecule has 0 saturated heterocycles. The van der Waals surface area contributed by atoms with Crippen LogP contribution in [0.25, 0.3) is 0 Å². The third kappa shape index (κ3) is 2.38. The van der Waals surface area contributed by atoms with Gasteiger partial charge in [0.25, 0.3) is 6.43 Å². The SMILES string of the molecule is Nc1cc(CBr)c([N+](=O)[O-])c(C(F)F)n1. The molecule has 0 unspecified atom stereocenters. The molecule has 5 nitrogen and oxygen atoms in total. The zero-order chi connectivity index (χ0) is 11.6. The molecule has 0 amide bonds. The first kappa shape index (κ1) is 11.8. The minimum absolute atomic E-state index is 0.0652. The third-order valence-corrected chi connectivity index (χ3v) is 2.26. The van der Waals surface area contributed by atoms with E-state index < -0.39 is 22.7 Å². The van der Waals surface area contributed by atoms with Gasteiger partial charge in [-0.2, -0.15) is 0 Å². The highest BCUT2D eigenvalue weighted by Gasteiger charge is 2.27. The van der Waals surface area contributed by atoms with Crippen LogP contribution >= 0.6 is 15.9 Å². The van der Waals surface area contributed by atoms with Gasteiger partial charge in [0.2, 0.25) is 0 Å². The Labute approximate surface area is 91.6 Å². The van der Waals surface area contributed by atoms with E-state index in [-0.39, 0.29) is 16.7 Å². The van der Waals surface area contributed by atoms with Crippen LogP contribution in [0.2, 0.25) is 0 Å². The lowest BCUT2D eigenvalue weighted by molar-refractivity contribution is -0.387. The number of hydrogen-bond donors (Lipinski definition) is 1. The molecular weight excluding hydrogens is 276 g/mol. The zero-order valence-corrected chi connectivity index (χ0v) is 8.87. The van der Waals surface area contributed by atoms with Crippen molar-refractivity contribution < 1.29 is 13.7 Å². The van der Waals surface area contributed by atoms with Crippen LogP contribution < -0.4 is 5.73 Å². The lowest BCUT2D eigenvalue weighted by Gasteiger charge is -2.05. The molecule has 0 aliphatic heterocycles. The van der Waals surface area contributed by atoms with Gasteiger partial charge in [-0.1, -0.05) is 15.9 Å². The number of alkyl halides is 3. The zero-order valence-electron chi connectivity index (χ0n) is 7.28. The van der Waals surface area contributed by atoms with E-state index in [0.717, 1.165) is 0 Å². The summed E-state index contributed by atoms with van der Waals surface area (Å²) in [6.45, 7) is 0. The molecule has 0 saturated carbocycles. The molecule has 82 valence electrons. The molecule has 0 fully saturated rings. The fourth-order valence-electron chi connectivity index (χ4n) is 1.10. The van der Waals surface area contributed by atoms with Crippen molar-refractivity contribution in [1.29, 1.82) is 0 Å². The quantitative estimate of drug-likeness (QED) is 0.524. The highest BCUT2D eigenvalue weighted by atomic mass is 79.9. The Morgan fingerprint density at radius 3 is 2.67 bits per heavy atom. The van der Waals surface area contributed by atoms with Crippen LogP contribution in [0.5, 0.6) is 0 Å². The van der Waals surface area contributed by atoms with E-state index in [0.29, 0.717) is 0 Å². The van der Waals surface area contributed by atoms with Gasteiger partial charge in [0.05, 0.1) is 4.92 Å². The van der Waals surface area contributed by atoms with Crippen LogP contribution in [0.1, 0.15) is 17.7 Å². The molecule has 0 aliphatic rings. The number of aromatic nitrogens is 1. The van der Waals surface area contributed by atoms with Crippen LogP contribution in [-0.2, 0) is 5.33 Å². The van der Waals surface area contributed by atoms with E-state index in [1.54, 1.807) is 0 Å². The Hall–Kier alpha value is -1.31. The molecule has 1 rings (SSSR count). The van der Waals surface area contributed by atoms with E-state index in [1.807, 2.05) is 0 Å². The van der Waals surface area contributed by atoms with Gasteiger partial charge in [-0.15, -0.1) is 0 Å². The van der Waals surface area contributed by atoms with E-state index in [2.05, 4.69) is 20.9 Å². The number of nitro groups is 1. The number of halogens is 3. The van der Waals surface area contributed by atoms with Gasteiger partial charge in [-0.05, 0) is 6.07 Å². The molecule has 1 heterocycles. The molecule has 0 bridgehead atoms. The summed E-state index contributed by atoms with van der Waals surface area (Å²) >= 11 is 2.96. The molecule has 8 heteroatoms. The number of hydrogen-bond acceptors (Lipinski definition) is 4. The van der Waals surface area contributed by atoms with E-state index in [9.17, 15) is 18.9 Å². The van der Waals surface area contributed by atoms with Crippen LogP contribution in [-0.4, -0.2) is 9.91 Å². The summed E-state index contributed by atoms with van der Waals surface area (Å²) in [5.74, 6) is -0.162. The topological polar surface area (TPSA) is 82.0 Å². The lowest BCUT2D eigenvalue weighted by Crippen LogP contribution is -2.05. The second kappa shape index (κ2) is 4.47. The Bertz CT molecular complexity index is 400. The van der Waals surface area contributed by atoms with E-state index in [4.69, 9.17) is 5.73 Å². The number of pyridine rings is 1. The monoisotopic (exact) mass is 281 g/mol. The molecule has 0 spiro atoms. The summed E-state index contributed by atoms with van der Waals surface area (Å²) in [5.41, 5.74) is 3.76. The standard InChI is InChI=1S/C7H6BrF2N3O2/c8-2-3-1-4(11)12-5(7(9)10)6(3)13(14)15/h1,7H,2H2,(H2,11,12). The average molecular weight is 282 g/mol. The lowest BCUT2D eigenvalue weighted by atomic mass is 10.2. The normalized spacial score (nSPS) is 10.7. The van der Waals surface area contributed by atoms with Gasteiger partial charge >= 0.3 is 5.69 Å². The number of rotatable bonds is 3. The molecular formula is C7H6BrF2N3O2. The van der Waals surface area contributed by atoms with Crippen molar-refractivity contribution in [2.24, 2.45) is 0 Å². The minimum Gasteiger partial charge on any atom is -0.384 e. The minimum atomic E-state index is -3.02. The molecule has 2 N–H and O–H groups in total. The maximum atomic E-state index is 12.4. The predicted molar refractivity (Wildman–Crippen MR) is 52.9 cm³/mol. The third-order valence-electron chi connectivity index (χ3n) is 1.65. The van der Waals surface area contributed by atoms with E-state index >= 15 is 0 Å².